The summed E-state index contributed by atoms with van der Waals surface area (Å²) in [5.41, 5.74) is 7.64. The highest BCUT2D eigenvalue weighted by molar-refractivity contribution is 9.10. The molecule has 1 aliphatic carbocycles. The molecule has 1 fully saturated rings. The zero-order valence-corrected chi connectivity index (χ0v) is 9.92. The molecule has 1 unspecified atom stereocenters. The molecule has 1 aromatic rings. The van der Waals surface area contributed by atoms with Crippen molar-refractivity contribution in [2.45, 2.75) is 32.2 Å². The molecule has 0 spiro atoms. The van der Waals surface area contributed by atoms with Gasteiger partial charge in [0.1, 0.15) is 0 Å². The van der Waals surface area contributed by atoms with Crippen LogP contribution in [0.15, 0.2) is 22.9 Å². The molecule has 1 atom stereocenters. The van der Waals surface area contributed by atoms with Gasteiger partial charge in [0.25, 0.3) is 0 Å². The Morgan fingerprint density at radius 3 is 2.79 bits per heavy atom. The topological polar surface area (TPSA) is 38.9 Å². The van der Waals surface area contributed by atoms with Gasteiger partial charge in [-0.15, -0.1) is 0 Å². The van der Waals surface area contributed by atoms with Crippen LogP contribution in [0.25, 0.3) is 0 Å². The third kappa shape index (κ3) is 1.98. The number of hydrogen-bond donors (Lipinski definition) is 1. The Labute approximate surface area is 93.0 Å². The lowest BCUT2D eigenvalue weighted by Gasteiger charge is -2.19. The van der Waals surface area contributed by atoms with Crippen LogP contribution in [-0.4, -0.2) is 11.0 Å². The van der Waals surface area contributed by atoms with Crippen molar-refractivity contribution in [1.82, 2.24) is 4.98 Å². The van der Waals surface area contributed by atoms with Gasteiger partial charge in [0.2, 0.25) is 0 Å². The second kappa shape index (κ2) is 3.63. The molecule has 1 heterocycles. The van der Waals surface area contributed by atoms with Crippen LogP contribution in [0.3, 0.4) is 0 Å². The Kier molecular flexibility index (Phi) is 2.62. The normalized spacial score (nSPS) is 20.5. The fourth-order valence-corrected chi connectivity index (χ4v) is 2.32. The summed E-state index contributed by atoms with van der Waals surface area (Å²) in [5.74, 6) is 0. The molecule has 1 saturated carbocycles. The second-order valence-electron chi connectivity index (χ2n) is 4.34. The van der Waals surface area contributed by atoms with Crippen molar-refractivity contribution in [2.24, 2.45) is 11.1 Å². The van der Waals surface area contributed by atoms with E-state index in [2.05, 4.69) is 33.9 Å². The molecule has 0 amide bonds. The van der Waals surface area contributed by atoms with Gasteiger partial charge in [-0.05, 0) is 59.2 Å². The van der Waals surface area contributed by atoms with E-state index in [-0.39, 0.29) is 0 Å². The third-order valence-corrected chi connectivity index (χ3v) is 3.61. The molecule has 14 heavy (non-hydrogen) atoms. The Morgan fingerprint density at radius 2 is 2.29 bits per heavy atom. The van der Waals surface area contributed by atoms with E-state index in [1.54, 1.807) is 0 Å². The van der Waals surface area contributed by atoms with Gasteiger partial charge in [0.15, 0.2) is 0 Å². The van der Waals surface area contributed by atoms with Crippen molar-refractivity contribution in [3.63, 3.8) is 0 Å². The van der Waals surface area contributed by atoms with Crippen LogP contribution in [0.5, 0.6) is 0 Å². The minimum absolute atomic E-state index is 0.293. The molecule has 0 radical (unpaired) electrons. The first-order valence-corrected chi connectivity index (χ1v) is 5.77. The number of pyridine rings is 1. The van der Waals surface area contributed by atoms with E-state index in [9.17, 15) is 0 Å². The Morgan fingerprint density at radius 1 is 1.57 bits per heavy atom. The van der Waals surface area contributed by atoms with E-state index < -0.39 is 0 Å². The maximum atomic E-state index is 5.99. The molecular formula is C11H15BrN2. The number of halogens is 1. The maximum Gasteiger partial charge on any atom is 0.0410 e. The molecule has 2 rings (SSSR count). The van der Waals surface area contributed by atoms with Crippen LogP contribution in [-0.2, 0) is 6.42 Å². The maximum absolute atomic E-state index is 5.99. The first kappa shape index (κ1) is 10.1. The summed E-state index contributed by atoms with van der Waals surface area (Å²) < 4.78 is 1.05. The van der Waals surface area contributed by atoms with E-state index >= 15 is 0 Å². The number of hydrogen-bond acceptors (Lipinski definition) is 2. The van der Waals surface area contributed by atoms with Crippen molar-refractivity contribution in [3.05, 3.63) is 28.5 Å². The number of rotatable bonds is 3. The minimum atomic E-state index is 0.293. The summed E-state index contributed by atoms with van der Waals surface area (Å²) in [4.78, 5) is 4.17. The number of nitrogens with zero attached hydrogens (tertiary/aromatic N) is 1. The van der Waals surface area contributed by atoms with Crippen molar-refractivity contribution in [3.8, 4) is 0 Å². The summed E-state index contributed by atoms with van der Waals surface area (Å²) in [6, 6.07) is 2.43. The van der Waals surface area contributed by atoms with Crippen molar-refractivity contribution >= 4 is 15.9 Å². The quantitative estimate of drug-likeness (QED) is 0.901. The van der Waals surface area contributed by atoms with Crippen LogP contribution in [0.1, 0.15) is 25.3 Å². The predicted molar refractivity (Wildman–Crippen MR) is 61.0 cm³/mol. The van der Waals surface area contributed by atoms with Crippen LogP contribution >= 0.6 is 15.9 Å². The van der Waals surface area contributed by atoms with E-state index in [0.29, 0.717) is 11.5 Å². The van der Waals surface area contributed by atoms with E-state index in [1.807, 2.05) is 12.4 Å². The van der Waals surface area contributed by atoms with Gasteiger partial charge in [-0.3, -0.25) is 4.98 Å². The Bertz CT molecular complexity index is 332. The predicted octanol–water partition coefficient (Wildman–Crippen LogP) is 2.51. The lowest BCUT2D eigenvalue weighted by molar-refractivity contribution is 0.418. The lowest BCUT2D eigenvalue weighted by Crippen LogP contribution is -2.29. The van der Waals surface area contributed by atoms with Crippen molar-refractivity contribution < 1.29 is 0 Å². The Hall–Kier alpha value is -0.410. The fraction of sp³-hybridized carbons (Fsp3) is 0.545. The van der Waals surface area contributed by atoms with Gasteiger partial charge in [-0.1, -0.05) is 0 Å². The molecule has 1 aliphatic rings. The first-order chi connectivity index (χ1) is 6.62. The zero-order chi connectivity index (χ0) is 10.2. The van der Waals surface area contributed by atoms with Crippen LogP contribution < -0.4 is 5.73 Å². The van der Waals surface area contributed by atoms with Crippen molar-refractivity contribution in [1.29, 1.82) is 0 Å². The smallest absolute Gasteiger partial charge is 0.0410 e. The SMILES string of the molecule is CC(N)C1(Cc2cncc(Br)c2)CC1. The summed E-state index contributed by atoms with van der Waals surface area (Å²) >= 11 is 3.43. The molecule has 0 aromatic carbocycles. The summed E-state index contributed by atoms with van der Waals surface area (Å²) in [6.45, 7) is 2.11. The first-order valence-electron chi connectivity index (χ1n) is 4.97. The zero-order valence-electron chi connectivity index (χ0n) is 8.33. The standard InChI is InChI=1S/C11H15BrN2/c1-8(13)11(2-3-11)5-9-4-10(12)7-14-6-9/h4,6-8H,2-3,5,13H2,1H3. The number of aromatic nitrogens is 1. The molecule has 2 N–H and O–H groups in total. The molecule has 3 heteroatoms. The van der Waals surface area contributed by atoms with E-state index in [0.717, 1.165) is 10.9 Å². The molecule has 0 aliphatic heterocycles. The molecule has 2 nitrogen and oxygen atoms in total. The van der Waals surface area contributed by atoms with Crippen LogP contribution in [0, 0.1) is 5.41 Å². The molecule has 1 aromatic heterocycles. The average Bonchev–Trinajstić information content (AvgIpc) is 2.85. The van der Waals surface area contributed by atoms with Gasteiger partial charge in [-0.2, -0.15) is 0 Å². The molecular weight excluding hydrogens is 240 g/mol. The molecule has 76 valence electrons. The molecule has 0 bridgehead atoms. The third-order valence-electron chi connectivity index (χ3n) is 3.18. The van der Waals surface area contributed by atoms with Crippen LogP contribution in [0.2, 0.25) is 0 Å². The summed E-state index contributed by atoms with van der Waals surface area (Å²) in [7, 11) is 0. The number of nitrogens with two attached hydrogens (primary N) is 1. The summed E-state index contributed by atoms with van der Waals surface area (Å²) in [6.07, 6.45) is 7.34. The van der Waals surface area contributed by atoms with Gasteiger partial charge in [0, 0.05) is 22.9 Å². The highest BCUT2D eigenvalue weighted by Gasteiger charge is 2.45. The summed E-state index contributed by atoms with van der Waals surface area (Å²) in [5, 5.41) is 0. The average molecular weight is 255 g/mol. The van der Waals surface area contributed by atoms with E-state index in [1.165, 1.54) is 18.4 Å². The van der Waals surface area contributed by atoms with E-state index in [4.69, 9.17) is 5.73 Å². The molecule has 0 saturated heterocycles. The Balaban J connectivity index is 2.11. The van der Waals surface area contributed by atoms with Gasteiger partial charge < -0.3 is 5.73 Å². The van der Waals surface area contributed by atoms with Gasteiger partial charge in [0.05, 0.1) is 0 Å². The van der Waals surface area contributed by atoms with Crippen LogP contribution in [0.4, 0.5) is 0 Å². The minimum Gasteiger partial charge on any atom is -0.327 e. The van der Waals surface area contributed by atoms with Crippen molar-refractivity contribution in [2.75, 3.05) is 0 Å². The second-order valence-corrected chi connectivity index (χ2v) is 5.25. The highest BCUT2D eigenvalue weighted by Crippen LogP contribution is 2.50. The van der Waals surface area contributed by atoms with Gasteiger partial charge in [-0.25, -0.2) is 0 Å². The monoisotopic (exact) mass is 254 g/mol. The fourth-order valence-electron chi connectivity index (χ4n) is 1.91. The largest absolute Gasteiger partial charge is 0.327 e. The van der Waals surface area contributed by atoms with Gasteiger partial charge >= 0.3 is 0 Å². The highest BCUT2D eigenvalue weighted by atomic mass is 79.9. The lowest BCUT2D eigenvalue weighted by atomic mass is 9.91.